The van der Waals surface area contributed by atoms with Crippen molar-refractivity contribution in [1.82, 2.24) is 4.90 Å². The number of hydrogen-bond acceptors (Lipinski definition) is 2. The van der Waals surface area contributed by atoms with Crippen LogP contribution in [0.15, 0.2) is 18.2 Å². The summed E-state index contributed by atoms with van der Waals surface area (Å²) in [6, 6.07) is 5.01. The summed E-state index contributed by atoms with van der Waals surface area (Å²) in [5.41, 5.74) is 0.354. The number of carbonyl (C=O) groups excluding carboxylic acids is 1. The molecule has 1 aromatic rings. The number of hydrogen-bond donors (Lipinski definition) is 1. The first-order valence-corrected chi connectivity index (χ1v) is 6.26. The van der Waals surface area contributed by atoms with Crippen LogP contribution in [0.1, 0.15) is 23.2 Å². The molecule has 0 aromatic heterocycles. The maximum absolute atomic E-state index is 12.2. The Morgan fingerprint density at radius 2 is 1.76 bits per heavy atom. The largest absolute Gasteiger partial charge is 0.393 e. The monoisotopic (exact) mass is 273 g/mol. The summed E-state index contributed by atoms with van der Waals surface area (Å²) in [6.45, 7) is 1.09. The van der Waals surface area contributed by atoms with E-state index in [0.717, 1.165) is 0 Å². The van der Waals surface area contributed by atoms with Gasteiger partial charge in [-0.15, -0.1) is 0 Å². The maximum atomic E-state index is 12.2. The molecule has 0 unspecified atom stereocenters. The van der Waals surface area contributed by atoms with E-state index in [1.807, 2.05) is 0 Å². The lowest BCUT2D eigenvalue weighted by Gasteiger charge is -2.30. The van der Waals surface area contributed by atoms with Crippen molar-refractivity contribution in [1.29, 1.82) is 0 Å². The molecule has 1 fully saturated rings. The lowest BCUT2D eigenvalue weighted by Crippen LogP contribution is -2.40. The number of likely N-dealkylation sites (tertiary alicyclic amines) is 1. The highest BCUT2D eigenvalue weighted by molar-refractivity contribution is 6.39. The third-order valence-electron chi connectivity index (χ3n) is 2.93. The summed E-state index contributed by atoms with van der Waals surface area (Å²) in [5, 5.41) is 10.1. The second-order valence-electron chi connectivity index (χ2n) is 4.12. The molecule has 0 bridgehead atoms. The van der Waals surface area contributed by atoms with E-state index in [9.17, 15) is 9.90 Å². The molecule has 1 amide bonds. The predicted molar refractivity (Wildman–Crippen MR) is 67.6 cm³/mol. The van der Waals surface area contributed by atoms with Crippen LogP contribution in [0.5, 0.6) is 0 Å². The molecule has 1 aliphatic rings. The standard InChI is InChI=1S/C12H13Cl2NO2/c13-9-2-1-3-10(14)11(9)12(17)15-6-4-8(16)5-7-15/h1-3,8,16H,4-7H2. The fraction of sp³-hybridized carbons (Fsp3) is 0.417. The highest BCUT2D eigenvalue weighted by atomic mass is 35.5. The topological polar surface area (TPSA) is 40.5 Å². The van der Waals surface area contributed by atoms with Crippen LogP contribution in [0.25, 0.3) is 0 Å². The van der Waals surface area contributed by atoms with Gasteiger partial charge in [0.2, 0.25) is 0 Å². The average molecular weight is 274 g/mol. The minimum Gasteiger partial charge on any atom is -0.393 e. The van der Waals surface area contributed by atoms with Crippen molar-refractivity contribution in [3.63, 3.8) is 0 Å². The third kappa shape index (κ3) is 2.73. The molecule has 1 N–H and O–H groups in total. The van der Waals surface area contributed by atoms with Crippen molar-refractivity contribution in [2.45, 2.75) is 18.9 Å². The molecule has 0 spiro atoms. The number of amides is 1. The SMILES string of the molecule is O=C(c1c(Cl)cccc1Cl)N1CCC(O)CC1. The minimum atomic E-state index is -0.305. The number of aliphatic hydroxyl groups excluding tert-OH is 1. The van der Waals surface area contributed by atoms with Gasteiger partial charge in [-0.1, -0.05) is 29.3 Å². The highest BCUT2D eigenvalue weighted by Crippen LogP contribution is 2.26. The van der Waals surface area contributed by atoms with E-state index in [1.54, 1.807) is 23.1 Å². The Labute approximate surface area is 110 Å². The van der Waals surface area contributed by atoms with E-state index in [0.29, 0.717) is 41.5 Å². The van der Waals surface area contributed by atoms with Crippen molar-refractivity contribution >= 4 is 29.1 Å². The highest BCUT2D eigenvalue weighted by Gasteiger charge is 2.25. The molecule has 3 nitrogen and oxygen atoms in total. The molecule has 5 heteroatoms. The normalized spacial score (nSPS) is 17.2. The van der Waals surface area contributed by atoms with Gasteiger partial charge in [-0.3, -0.25) is 4.79 Å². The lowest BCUT2D eigenvalue weighted by molar-refractivity contribution is 0.0547. The fourth-order valence-electron chi connectivity index (χ4n) is 1.93. The van der Waals surface area contributed by atoms with Gasteiger partial charge in [-0.05, 0) is 25.0 Å². The van der Waals surface area contributed by atoms with E-state index >= 15 is 0 Å². The van der Waals surface area contributed by atoms with Crippen LogP contribution in [0.3, 0.4) is 0 Å². The summed E-state index contributed by atoms with van der Waals surface area (Å²) in [7, 11) is 0. The number of nitrogens with zero attached hydrogens (tertiary/aromatic N) is 1. The van der Waals surface area contributed by atoms with E-state index in [-0.39, 0.29) is 12.0 Å². The van der Waals surface area contributed by atoms with Gasteiger partial charge in [0.05, 0.1) is 21.7 Å². The van der Waals surface area contributed by atoms with Crippen LogP contribution in [0, 0.1) is 0 Å². The van der Waals surface area contributed by atoms with Crippen LogP contribution in [0.4, 0.5) is 0 Å². The van der Waals surface area contributed by atoms with E-state index in [2.05, 4.69) is 0 Å². The number of aliphatic hydroxyl groups is 1. The second kappa shape index (κ2) is 5.25. The molecule has 1 saturated heterocycles. The van der Waals surface area contributed by atoms with Gasteiger partial charge < -0.3 is 10.0 Å². The first kappa shape index (κ1) is 12.7. The van der Waals surface area contributed by atoms with Gasteiger partial charge in [-0.25, -0.2) is 0 Å². The van der Waals surface area contributed by atoms with Crippen molar-refractivity contribution in [3.8, 4) is 0 Å². The Hall–Kier alpha value is -0.770. The van der Waals surface area contributed by atoms with E-state index in [4.69, 9.17) is 23.2 Å². The average Bonchev–Trinajstić information content (AvgIpc) is 2.29. The molecular formula is C12H13Cl2NO2. The molecule has 0 atom stereocenters. The Morgan fingerprint density at radius 3 is 2.29 bits per heavy atom. The number of benzene rings is 1. The molecule has 1 aromatic carbocycles. The van der Waals surface area contributed by atoms with Crippen LogP contribution >= 0.6 is 23.2 Å². The first-order valence-electron chi connectivity index (χ1n) is 5.51. The van der Waals surface area contributed by atoms with Crippen LogP contribution in [-0.2, 0) is 0 Å². The fourth-order valence-corrected chi connectivity index (χ4v) is 2.49. The van der Waals surface area contributed by atoms with Crippen LogP contribution in [-0.4, -0.2) is 35.1 Å². The first-order chi connectivity index (χ1) is 8.09. The van der Waals surface area contributed by atoms with Crippen molar-refractivity contribution in [3.05, 3.63) is 33.8 Å². The summed E-state index contributed by atoms with van der Waals surface area (Å²) >= 11 is 12.0. The van der Waals surface area contributed by atoms with Gasteiger partial charge in [0, 0.05) is 13.1 Å². The second-order valence-corrected chi connectivity index (χ2v) is 4.93. The van der Waals surface area contributed by atoms with E-state index in [1.165, 1.54) is 0 Å². The van der Waals surface area contributed by atoms with Gasteiger partial charge >= 0.3 is 0 Å². The Balaban J connectivity index is 2.20. The van der Waals surface area contributed by atoms with Gasteiger partial charge in [0.25, 0.3) is 5.91 Å². The van der Waals surface area contributed by atoms with Crippen LogP contribution < -0.4 is 0 Å². The summed E-state index contributed by atoms with van der Waals surface area (Å²) in [4.78, 5) is 13.9. The molecule has 0 radical (unpaired) electrons. The van der Waals surface area contributed by atoms with Crippen molar-refractivity contribution in [2.24, 2.45) is 0 Å². The number of carbonyl (C=O) groups is 1. The zero-order chi connectivity index (χ0) is 12.4. The maximum Gasteiger partial charge on any atom is 0.256 e. The van der Waals surface area contributed by atoms with Crippen LogP contribution in [0.2, 0.25) is 10.0 Å². The zero-order valence-corrected chi connectivity index (χ0v) is 10.7. The lowest BCUT2D eigenvalue weighted by atomic mass is 10.1. The Bertz CT molecular complexity index is 408. The molecule has 1 aliphatic heterocycles. The van der Waals surface area contributed by atoms with Crippen molar-refractivity contribution < 1.29 is 9.90 Å². The molecule has 1 heterocycles. The molecule has 0 saturated carbocycles. The smallest absolute Gasteiger partial charge is 0.256 e. The molecule has 92 valence electrons. The summed E-state index contributed by atoms with van der Waals surface area (Å²) in [5.74, 6) is -0.160. The van der Waals surface area contributed by atoms with E-state index < -0.39 is 0 Å². The Morgan fingerprint density at radius 1 is 1.24 bits per heavy atom. The number of piperidine rings is 1. The van der Waals surface area contributed by atoms with Gasteiger partial charge in [-0.2, -0.15) is 0 Å². The molecule has 17 heavy (non-hydrogen) atoms. The van der Waals surface area contributed by atoms with Gasteiger partial charge in [0.15, 0.2) is 0 Å². The predicted octanol–water partition coefficient (Wildman–Crippen LogP) is 2.59. The van der Waals surface area contributed by atoms with Crippen molar-refractivity contribution in [2.75, 3.05) is 13.1 Å². The number of rotatable bonds is 1. The third-order valence-corrected chi connectivity index (χ3v) is 3.56. The Kier molecular flexibility index (Phi) is 3.92. The number of halogens is 2. The zero-order valence-electron chi connectivity index (χ0n) is 9.20. The molecular weight excluding hydrogens is 261 g/mol. The van der Waals surface area contributed by atoms with Gasteiger partial charge in [0.1, 0.15) is 0 Å². The minimum absolute atomic E-state index is 0.160. The quantitative estimate of drug-likeness (QED) is 0.855. The molecule has 0 aliphatic carbocycles. The summed E-state index contributed by atoms with van der Waals surface area (Å²) in [6.07, 6.45) is 0.905. The molecule has 2 rings (SSSR count). The summed E-state index contributed by atoms with van der Waals surface area (Å²) < 4.78 is 0.